The number of carbonyl (C=O) groups excluding carboxylic acids is 1. The number of aliphatic hydroxyl groups is 1. The van der Waals surface area contributed by atoms with Crippen LogP contribution in [0.2, 0.25) is 0 Å². The standard InChI is InChI=1S/C14H18F3NO2S/c1-11-2-4-12(5-3-11)8-21-9-13(20)18(6-7-19)10-14(15,16)17/h2-5,19H,6-10H2,1H3. The fraction of sp³-hybridized carbons (Fsp3) is 0.500. The molecule has 1 rings (SSSR count). The van der Waals surface area contributed by atoms with Crippen LogP contribution >= 0.6 is 11.8 Å². The van der Waals surface area contributed by atoms with E-state index in [-0.39, 0.29) is 12.3 Å². The average molecular weight is 321 g/mol. The molecule has 1 N–H and O–H groups in total. The number of aryl methyl sites for hydroxylation is 1. The minimum absolute atomic E-state index is 0.0377. The summed E-state index contributed by atoms with van der Waals surface area (Å²) in [6.45, 7) is -0.143. The molecule has 1 aromatic carbocycles. The summed E-state index contributed by atoms with van der Waals surface area (Å²) in [4.78, 5) is 12.4. The van der Waals surface area contributed by atoms with E-state index >= 15 is 0 Å². The van der Waals surface area contributed by atoms with Gasteiger partial charge in [0.15, 0.2) is 0 Å². The van der Waals surface area contributed by atoms with Gasteiger partial charge < -0.3 is 10.0 Å². The fourth-order valence-electron chi connectivity index (χ4n) is 1.66. The largest absolute Gasteiger partial charge is 0.406 e. The maximum Gasteiger partial charge on any atom is 0.406 e. The van der Waals surface area contributed by atoms with Gasteiger partial charge in [0, 0.05) is 12.3 Å². The monoisotopic (exact) mass is 321 g/mol. The number of thioether (sulfide) groups is 1. The van der Waals surface area contributed by atoms with E-state index in [4.69, 9.17) is 5.11 Å². The van der Waals surface area contributed by atoms with Crippen LogP contribution < -0.4 is 0 Å². The molecule has 3 nitrogen and oxygen atoms in total. The van der Waals surface area contributed by atoms with Crippen LogP contribution in [0.25, 0.3) is 0 Å². The summed E-state index contributed by atoms with van der Waals surface area (Å²) in [5.74, 6) is -0.0897. The van der Waals surface area contributed by atoms with Crippen molar-refractivity contribution in [3.8, 4) is 0 Å². The molecule has 1 amide bonds. The summed E-state index contributed by atoms with van der Waals surface area (Å²) in [7, 11) is 0. The van der Waals surface area contributed by atoms with Crippen molar-refractivity contribution in [3.05, 3.63) is 35.4 Å². The van der Waals surface area contributed by atoms with Crippen LogP contribution in [0.15, 0.2) is 24.3 Å². The molecule has 0 saturated carbocycles. The molecule has 0 aliphatic rings. The van der Waals surface area contributed by atoms with Gasteiger partial charge in [-0.25, -0.2) is 0 Å². The molecule has 1 aromatic rings. The van der Waals surface area contributed by atoms with Crippen LogP contribution in [-0.4, -0.2) is 47.5 Å². The Morgan fingerprint density at radius 3 is 2.43 bits per heavy atom. The van der Waals surface area contributed by atoms with Gasteiger partial charge in [-0.1, -0.05) is 29.8 Å². The lowest BCUT2D eigenvalue weighted by molar-refractivity contribution is -0.160. The highest BCUT2D eigenvalue weighted by atomic mass is 32.2. The molecule has 118 valence electrons. The summed E-state index contributed by atoms with van der Waals surface area (Å²) < 4.78 is 37.0. The lowest BCUT2D eigenvalue weighted by atomic mass is 10.2. The number of benzene rings is 1. The Balaban J connectivity index is 2.44. The Morgan fingerprint density at radius 1 is 1.29 bits per heavy atom. The number of carbonyl (C=O) groups is 1. The van der Waals surface area contributed by atoms with Crippen LogP contribution in [0, 0.1) is 6.92 Å². The lowest BCUT2D eigenvalue weighted by Gasteiger charge is -2.22. The molecule has 0 saturated heterocycles. The van der Waals surface area contributed by atoms with E-state index in [1.54, 1.807) is 0 Å². The van der Waals surface area contributed by atoms with Crippen molar-refractivity contribution in [2.75, 3.05) is 25.4 Å². The van der Waals surface area contributed by atoms with Gasteiger partial charge in [-0.05, 0) is 12.5 Å². The predicted octanol–water partition coefficient (Wildman–Crippen LogP) is 2.61. The molecule has 0 atom stereocenters. The Kier molecular flexibility index (Phi) is 7.04. The highest BCUT2D eigenvalue weighted by molar-refractivity contribution is 7.99. The molecule has 0 unspecified atom stereocenters. The smallest absolute Gasteiger partial charge is 0.395 e. The first kappa shape index (κ1) is 17.8. The molecule has 0 fully saturated rings. The van der Waals surface area contributed by atoms with Crippen LogP contribution in [0.5, 0.6) is 0 Å². The zero-order valence-electron chi connectivity index (χ0n) is 11.7. The van der Waals surface area contributed by atoms with Gasteiger partial charge in [0.05, 0.1) is 12.4 Å². The molecule has 7 heteroatoms. The molecular weight excluding hydrogens is 303 g/mol. The molecular formula is C14H18F3NO2S. The molecule has 0 aromatic heterocycles. The third-order valence-electron chi connectivity index (χ3n) is 2.71. The van der Waals surface area contributed by atoms with Crippen molar-refractivity contribution < 1.29 is 23.1 Å². The summed E-state index contributed by atoms with van der Waals surface area (Å²) in [6, 6.07) is 7.74. The molecule has 0 bridgehead atoms. The Morgan fingerprint density at radius 2 is 1.90 bits per heavy atom. The number of alkyl halides is 3. The van der Waals surface area contributed by atoms with E-state index in [2.05, 4.69) is 0 Å². The Bertz CT molecular complexity index is 449. The normalized spacial score (nSPS) is 11.5. The Hall–Kier alpha value is -1.21. The summed E-state index contributed by atoms with van der Waals surface area (Å²) in [5.41, 5.74) is 2.14. The van der Waals surface area contributed by atoms with E-state index in [0.29, 0.717) is 10.7 Å². The zero-order valence-corrected chi connectivity index (χ0v) is 12.5. The topological polar surface area (TPSA) is 40.5 Å². The van der Waals surface area contributed by atoms with Gasteiger partial charge in [-0.15, -0.1) is 11.8 Å². The van der Waals surface area contributed by atoms with Gasteiger partial charge in [0.1, 0.15) is 6.54 Å². The first-order chi connectivity index (χ1) is 9.81. The highest BCUT2D eigenvalue weighted by Crippen LogP contribution is 2.18. The number of hydrogen-bond acceptors (Lipinski definition) is 3. The fourth-order valence-corrected chi connectivity index (χ4v) is 2.55. The zero-order chi connectivity index (χ0) is 15.9. The average Bonchev–Trinajstić information content (AvgIpc) is 2.39. The van der Waals surface area contributed by atoms with E-state index in [0.717, 1.165) is 11.1 Å². The van der Waals surface area contributed by atoms with E-state index in [9.17, 15) is 18.0 Å². The van der Waals surface area contributed by atoms with Crippen molar-refractivity contribution in [2.45, 2.75) is 18.9 Å². The number of amides is 1. The molecule has 0 heterocycles. The number of nitrogens with zero attached hydrogens (tertiary/aromatic N) is 1. The van der Waals surface area contributed by atoms with Crippen LogP contribution in [0.3, 0.4) is 0 Å². The van der Waals surface area contributed by atoms with Crippen molar-refractivity contribution in [3.63, 3.8) is 0 Å². The van der Waals surface area contributed by atoms with Crippen molar-refractivity contribution in [2.24, 2.45) is 0 Å². The van der Waals surface area contributed by atoms with Crippen molar-refractivity contribution >= 4 is 17.7 Å². The van der Waals surface area contributed by atoms with E-state index in [1.165, 1.54) is 11.8 Å². The van der Waals surface area contributed by atoms with Crippen LogP contribution in [-0.2, 0) is 10.5 Å². The number of aliphatic hydroxyl groups excluding tert-OH is 1. The maximum absolute atomic E-state index is 12.3. The summed E-state index contributed by atoms with van der Waals surface area (Å²) >= 11 is 1.26. The molecule has 21 heavy (non-hydrogen) atoms. The van der Waals surface area contributed by atoms with Gasteiger partial charge >= 0.3 is 6.18 Å². The Labute approximate surface area is 126 Å². The second kappa shape index (κ2) is 8.29. The van der Waals surface area contributed by atoms with Crippen LogP contribution in [0.1, 0.15) is 11.1 Å². The number of rotatable bonds is 7. The quantitative estimate of drug-likeness (QED) is 0.839. The van der Waals surface area contributed by atoms with Gasteiger partial charge in [0.25, 0.3) is 0 Å². The van der Waals surface area contributed by atoms with Crippen molar-refractivity contribution in [1.82, 2.24) is 4.90 Å². The minimum Gasteiger partial charge on any atom is -0.395 e. The van der Waals surface area contributed by atoms with Gasteiger partial charge in [-0.2, -0.15) is 13.2 Å². The number of halogens is 3. The predicted molar refractivity (Wildman–Crippen MR) is 77.1 cm³/mol. The van der Waals surface area contributed by atoms with E-state index < -0.39 is 25.2 Å². The SMILES string of the molecule is Cc1ccc(CSCC(=O)N(CCO)CC(F)(F)F)cc1. The molecule has 0 spiro atoms. The summed E-state index contributed by atoms with van der Waals surface area (Å²) in [5, 5.41) is 8.74. The van der Waals surface area contributed by atoms with Gasteiger partial charge in [0.2, 0.25) is 5.91 Å². The second-order valence-corrected chi connectivity index (χ2v) is 5.62. The highest BCUT2D eigenvalue weighted by Gasteiger charge is 2.32. The third kappa shape index (κ3) is 7.38. The first-order valence-corrected chi connectivity index (χ1v) is 7.56. The molecule has 0 radical (unpaired) electrons. The third-order valence-corrected chi connectivity index (χ3v) is 3.70. The minimum atomic E-state index is -4.45. The molecule has 0 aliphatic heterocycles. The first-order valence-electron chi connectivity index (χ1n) is 6.40. The summed E-state index contributed by atoms with van der Waals surface area (Å²) in [6.07, 6.45) is -4.45. The maximum atomic E-state index is 12.3. The second-order valence-electron chi connectivity index (χ2n) is 4.63. The lowest BCUT2D eigenvalue weighted by Crippen LogP contribution is -2.41. The molecule has 0 aliphatic carbocycles. The van der Waals surface area contributed by atoms with Crippen LogP contribution in [0.4, 0.5) is 13.2 Å². The van der Waals surface area contributed by atoms with Gasteiger partial charge in [-0.3, -0.25) is 4.79 Å². The number of hydrogen-bond donors (Lipinski definition) is 1. The van der Waals surface area contributed by atoms with E-state index in [1.807, 2.05) is 31.2 Å². The van der Waals surface area contributed by atoms with Crippen molar-refractivity contribution in [1.29, 1.82) is 0 Å².